The minimum absolute atomic E-state index is 0.285. The largest absolute Gasteiger partial charge is 0.328 e. The summed E-state index contributed by atoms with van der Waals surface area (Å²) in [6, 6.07) is 0.319. The van der Waals surface area contributed by atoms with Gasteiger partial charge in [0.15, 0.2) is 0 Å². The van der Waals surface area contributed by atoms with Gasteiger partial charge in [-0.1, -0.05) is 13.8 Å². The molecule has 0 aliphatic heterocycles. The third-order valence-electron chi connectivity index (χ3n) is 2.19. The Bertz CT molecular complexity index is 134. The minimum atomic E-state index is 0.285. The molecule has 0 fully saturated rings. The lowest BCUT2D eigenvalue weighted by molar-refractivity contribution is -0.117. The number of hydrogen-bond donors (Lipinski definition) is 1. The van der Waals surface area contributed by atoms with Gasteiger partial charge in [0.05, 0.1) is 0 Å². The van der Waals surface area contributed by atoms with Crippen LogP contribution in [-0.2, 0) is 4.79 Å². The monoisotopic (exact) mass is 171 g/mol. The molecule has 0 aromatic heterocycles. The minimum Gasteiger partial charge on any atom is -0.328 e. The number of ketones is 1. The van der Waals surface area contributed by atoms with Crippen molar-refractivity contribution in [3.8, 4) is 0 Å². The van der Waals surface area contributed by atoms with Crippen LogP contribution in [0.2, 0.25) is 0 Å². The summed E-state index contributed by atoms with van der Waals surface area (Å²) < 4.78 is 0. The predicted molar refractivity (Wildman–Crippen MR) is 52.0 cm³/mol. The Balaban J connectivity index is 3.43. The Morgan fingerprint density at radius 3 is 2.42 bits per heavy atom. The lowest BCUT2D eigenvalue weighted by Gasteiger charge is -2.12. The lowest BCUT2D eigenvalue weighted by Crippen LogP contribution is -2.19. The fourth-order valence-electron chi connectivity index (χ4n) is 1.30. The van der Waals surface area contributed by atoms with Crippen LogP contribution in [0.5, 0.6) is 0 Å². The molecule has 2 N–H and O–H groups in total. The average molecular weight is 171 g/mol. The molecular weight excluding hydrogens is 150 g/mol. The van der Waals surface area contributed by atoms with Crippen LogP contribution < -0.4 is 5.73 Å². The highest BCUT2D eigenvalue weighted by Crippen LogP contribution is 2.12. The molecule has 0 saturated carbocycles. The van der Waals surface area contributed by atoms with E-state index in [0.29, 0.717) is 18.4 Å². The molecule has 2 heteroatoms. The molecule has 0 amide bonds. The molecule has 0 rings (SSSR count). The van der Waals surface area contributed by atoms with E-state index < -0.39 is 0 Å². The van der Waals surface area contributed by atoms with E-state index in [1.807, 2.05) is 0 Å². The van der Waals surface area contributed by atoms with Gasteiger partial charge in [0, 0.05) is 12.5 Å². The maximum absolute atomic E-state index is 10.7. The normalized spacial score (nSPS) is 15.7. The lowest BCUT2D eigenvalue weighted by atomic mass is 9.96. The van der Waals surface area contributed by atoms with Gasteiger partial charge in [0.1, 0.15) is 5.78 Å². The van der Waals surface area contributed by atoms with Gasteiger partial charge < -0.3 is 10.5 Å². The van der Waals surface area contributed by atoms with Crippen LogP contribution in [0, 0.1) is 5.92 Å². The number of hydrogen-bond acceptors (Lipinski definition) is 2. The van der Waals surface area contributed by atoms with Gasteiger partial charge >= 0.3 is 0 Å². The zero-order valence-electron chi connectivity index (χ0n) is 8.47. The van der Waals surface area contributed by atoms with Gasteiger partial charge in [-0.2, -0.15) is 0 Å². The number of nitrogens with two attached hydrogens (primary N) is 1. The van der Waals surface area contributed by atoms with Gasteiger partial charge in [-0.25, -0.2) is 0 Å². The standard InChI is InChI=1S/C10H21NO/c1-4-10(11)6-5-8(2)7-9(3)12/h8,10H,4-7,11H2,1-3H3. The highest BCUT2D eigenvalue weighted by atomic mass is 16.1. The quantitative estimate of drug-likeness (QED) is 0.665. The average Bonchev–Trinajstić information content (AvgIpc) is 1.99. The number of rotatable bonds is 6. The molecule has 0 aliphatic carbocycles. The SMILES string of the molecule is CCC(N)CCC(C)CC(C)=O. The predicted octanol–water partition coefficient (Wildman–Crippen LogP) is 2.12. The topological polar surface area (TPSA) is 43.1 Å². The van der Waals surface area contributed by atoms with Crippen molar-refractivity contribution in [3.05, 3.63) is 0 Å². The van der Waals surface area contributed by atoms with Crippen molar-refractivity contribution in [1.29, 1.82) is 0 Å². The molecule has 0 spiro atoms. The first kappa shape index (κ1) is 11.6. The summed E-state index contributed by atoms with van der Waals surface area (Å²) in [7, 11) is 0. The fraction of sp³-hybridized carbons (Fsp3) is 0.900. The zero-order valence-corrected chi connectivity index (χ0v) is 8.47. The maximum Gasteiger partial charge on any atom is 0.130 e. The van der Waals surface area contributed by atoms with Crippen LogP contribution >= 0.6 is 0 Å². The van der Waals surface area contributed by atoms with Gasteiger partial charge in [-0.15, -0.1) is 0 Å². The van der Waals surface area contributed by atoms with Crippen molar-refractivity contribution in [2.24, 2.45) is 11.7 Å². The van der Waals surface area contributed by atoms with E-state index >= 15 is 0 Å². The Hall–Kier alpha value is -0.370. The van der Waals surface area contributed by atoms with Crippen LogP contribution in [0.15, 0.2) is 0 Å². The van der Waals surface area contributed by atoms with Crippen LogP contribution in [0.4, 0.5) is 0 Å². The Morgan fingerprint density at radius 2 is 2.00 bits per heavy atom. The number of carbonyl (C=O) groups excluding carboxylic acids is 1. The van der Waals surface area contributed by atoms with Crippen LogP contribution in [-0.4, -0.2) is 11.8 Å². The molecule has 72 valence electrons. The molecule has 0 radical (unpaired) electrons. The summed E-state index contributed by atoms with van der Waals surface area (Å²) in [5.41, 5.74) is 5.77. The van der Waals surface area contributed by atoms with Crippen LogP contribution in [0.25, 0.3) is 0 Å². The summed E-state index contributed by atoms with van der Waals surface area (Å²) in [6.45, 7) is 5.86. The first-order valence-corrected chi connectivity index (χ1v) is 4.81. The molecule has 0 aromatic rings. The molecule has 0 aromatic carbocycles. The molecule has 0 saturated heterocycles. The fourth-order valence-corrected chi connectivity index (χ4v) is 1.30. The second-order valence-electron chi connectivity index (χ2n) is 3.76. The van der Waals surface area contributed by atoms with Gasteiger partial charge in [0.2, 0.25) is 0 Å². The Morgan fingerprint density at radius 1 is 1.42 bits per heavy atom. The Kier molecular flexibility index (Phi) is 5.99. The van der Waals surface area contributed by atoms with Crippen molar-refractivity contribution < 1.29 is 4.79 Å². The summed E-state index contributed by atoms with van der Waals surface area (Å²) in [6.07, 6.45) is 3.86. The van der Waals surface area contributed by atoms with E-state index in [1.165, 1.54) is 0 Å². The molecule has 0 bridgehead atoms. The van der Waals surface area contributed by atoms with Crippen LogP contribution in [0.3, 0.4) is 0 Å². The van der Waals surface area contributed by atoms with Crippen molar-refractivity contribution in [2.45, 2.75) is 52.5 Å². The Labute approximate surface area is 75.5 Å². The molecule has 12 heavy (non-hydrogen) atoms. The van der Waals surface area contributed by atoms with Gasteiger partial charge in [0.25, 0.3) is 0 Å². The third kappa shape index (κ3) is 6.35. The highest BCUT2D eigenvalue weighted by molar-refractivity contribution is 5.75. The van der Waals surface area contributed by atoms with Crippen molar-refractivity contribution >= 4 is 5.78 Å². The van der Waals surface area contributed by atoms with Crippen molar-refractivity contribution in [1.82, 2.24) is 0 Å². The molecular formula is C10H21NO. The summed E-state index contributed by atoms with van der Waals surface area (Å²) >= 11 is 0. The maximum atomic E-state index is 10.7. The molecule has 2 unspecified atom stereocenters. The smallest absolute Gasteiger partial charge is 0.130 e. The van der Waals surface area contributed by atoms with Crippen LogP contribution in [0.1, 0.15) is 46.5 Å². The van der Waals surface area contributed by atoms with E-state index in [-0.39, 0.29) is 5.78 Å². The first-order valence-electron chi connectivity index (χ1n) is 4.81. The zero-order chi connectivity index (χ0) is 9.56. The third-order valence-corrected chi connectivity index (χ3v) is 2.19. The summed E-state index contributed by atoms with van der Waals surface area (Å²) in [4.78, 5) is 10.7. The van der Waals surface area contributed by atoms with Gasteiger partial charge in [-0.05, 0) is 32.1 Å². The summed E-state index contributed by atoms with van der Waals surface area (Å²) in [5, 5.41) is 0. The van der Waals surface area contributed by atoms with E-state index in [4.69, 9.17) is 5.73 Å². The van der Waals surface area contributed by atoms with E-state index in [9.17, 15) is 4.79 Å². The van der Waals surface area contributed by atoms with E-state index in [0.717, 1.165) is 19.3 Å². The number of carbonyl (C=O) groups is 1. The molecule has 2 atom stereocenters. The second kappa shape index (κ2) is 6.18. The molecule has 0 heterocycles. The molecule has 2 nitrogen and oxygen atoms in total. The van der Waals surface area contributed by atoms with E-state index in [2.05, 4.69) is 13.8 Å². The second-order valence-corrected chi connectivity index (χ2v) is 3.76. The highest BCUT2D eigenvalue weighted by Gasteiger charge is 2.07. The summed E-state index contributed by atoms with van der Waals surface area (Å²) in [5.74, 6) is 0.785. The van der Waals surface area contributed by atoms with Crippen molar-refractivity contribution in [3.63, 3.8) is 0 Å². The first-order chi connectivity index (χ1) is 5.56. The molecule has 0 aliphatic rings. The number of Topliss-reactive ketones (excluding diaryl/α,β-unsaturated/α-hetero) is 1. The van der Waals surface area contributed by atoms with Crippen molar-refractivity contribution in [2.75, 3.05) is 0 Å². The van der Waals surface area contributed by atoms with E-state index in [1.54, 1.807) is 6.92 Å². The van der Waals surface area contributed by atoms with Gasteiger partial charge in [-0.3, -0.25) is 0 Å².